The van der Waals surface area contributed by atoms with Crippen LogP contribution in [0.25, 0.3) is 0 Å². The van der Waals surface area contributed by atoms with Crippen molar-refractivity contribution >= 4 is 12.4 Å². The van der Waals surface area contributed by atoms with Crippen molar-refractivity contribution in [2.45, 2.75) is 32.3 Å². The lowest BCUT2D eigenvalue weighted by Gasteiger charge is -2.37. The highest BCUT2D eigenvalue weighted by atomic mass is 35.5. The predicted molar refractivity (Wildman–Crippen MR) is 69.1 cm³/mol. The van der Waals surface area contributed by atoms with E-state index in [1.165, 1.54) is 32.5 Å². The molecule has 0 spiro atoms. The lowest BCUT2D eigenvalue weighted by molar-refractivity contribution is 0.0272. The van der Waals surface area contributed by atoms with E-state index in [4.69, 9.17) is 0 Å². The van der Waals surface area contributed by atoms with Crippen LogP contribution in [0, 0.1) is 11.8 Å². The van der Waals surface area contributed by atoms with Crippen LogP contribution in [0.3, 0.4) is 0 Å². The summed E-state index contributed by atoms with van der Waals surface area (Å²) in [6.45, 7) is 7.98. The molecule has 0 aliphatic carbocycles. The molecular formula is C12H25ClN2O. The maximum atomic E-state index is 9.66. The molecule has 96 valence electrons. The summed E-state index contributed by atoms with van der Waals surface area (Å²) in [5, 5.41) is 13.1. The zero-order valence-electron chi connectivity index (χ0n) is 10.2. The summed E-state index contributed by atoms with van der Waals surface area (Å²) < 4.78 is 0. The SMILES string of the molecule is CC1CN(CC2CCNCC2)CCC1O.Cl. The highest BCUT2D eigenvalue weighted by Crippen LogP contribution is 2.20. The van der Waals surface area contributed by atoms with Gasteiger partial charge in [-0.1, -0.05) is 6.92 Å². The highest BCUT2D eigenvalue weighted by Gasteiger charge is 2.26. The van der Waals surface area contributed by atoms with E-state index in [2.05, 4.69) is 17.1 Å². The number of nitrogens with zero attached hydrogens (tertiary/aromatic N) is 1. The summed E-state index contributed by atoms with van der Waals surface area (Å²) in [5.41, 5.74) is 0. The van der Waals surface area contributed by atoms with Crippen molar-refractivity contribution < 1.29 is 5.11 Å². The molecule has 16 heavy (non-hydrogen) atoms. The fraction of sp³-hybridized carbons (Fsp3) is 1.00. The van der Waals surface area contributed by atoms with Crippen LogP contribution in [0.15, 0.2) is 0 Å². The quantitative estimate of drug-likeness (QED) is 0.769. The molecule has 0 saturated carbocycles. The first-order valence-corrected chi connectivity index (χ1v) is 6.37. The van der Waals surface area contributed by atoms with Gasteiger partial charge in [0, 0.05) is 19.6 Å². The van der Waals surface area contributed by atoms with Crippen LogP contribution in [0.2, 0.25) is 0 Å². The fourth-order valence-electron chi connectivity index (χ4n) is 2.81. The monoisotopic (exact) mass is 248 g/mol. The molecule has 2 saturated heterocycles. The third-order valence-corrected chi connectivity index (χ3v) is 3.92. The van der Waals surface area contributed by atoms with Crippen LogP contribution >= 0.6 is 12.4 Å². The third kappa shape index (κ3) is 3.88. The standard InChI is InChI=1S/C12H24N2O.ClH/c1-10-8-14(7-4-12(10)15)9-11-2-5-13-6-3-11;/h10-13,15H,2-9H2,1H3;1H. The van der Waals surface area contributed by atoms with Gasteiger partial charge in [0.25, 0.3) is 0 Å². The van der Waals surface area contributed by atoms with E-state index in [1.54, 1.807) is 0 Å². The Hall–Kier alpha value is 0.170. The van der Waals surface area contributed by atoms with Gasteiger partial charge in [0.15, 0.2) is 0 Å². The molecule has 4 heteroatoms. The summed E-state index contributed by atoms with van der Waals surface area (Å²) >= 11 is 0. The summed E-state index contributed by atoms with van der Waals surface area (Å²) in [5.74, 6) is 1.34. The molecule has 0 amide bonds. The summed E-state index contributed by atoms with van der Waals surface area (Å²) in [6.07, 6.45) is 3.56. The summed E-state index contributed by atoms with van der Waals surface area (Å²) in [4.78, 5) is 2.55. The van der Waals surface area contributed by atoms with Crippen molar-refractivity contribution in [2.24, 2.45) is 11.8 Å². The van der Waals surface area contributed by atoms with Gasteiger partial charge in [-0.3, -0.25) is 0 Å². The maximum Gasteiger partial charge on any atom is 0.0590 e. The minimum atomic E-state index is -0.0609. The second-order valence-electron chi connectivity index (χ2n) is 5.29. The molecule has 0 aromatic carbocycles. The van der Waals surface area contributed by atoms with Crippen molar-refractivity contribution in [3.05, 3.63) is 0 Å². The number of aliphatic hydroxyl groups excluding tert-OH is 1. The van der Waals surface area contributed by atoms with E-state index in [-0.39, 0.29) is 18.5 Å². The van der Waals surface area contributed by atoms with E-state index in [9.17, 15) is 5.11 Å². The van der Waals surface area contributed by atoms with Crippen LogP contribution in [0.4, 0.5) is 0 Å². The van der Waals surface area contributed by atoms with Gasteiger partial charge in [-0.2, -0.15) is 0 Å². The largest absolute Gasteiger partial charge is 0.393 e. The molecule has 2 N–H and O–H groups in total. The first-order valence-electron chi connectivity index (χ1n) is 6.37. The second kappa shape index (κ2) is 6.80. The van der Waals surface area contributed by atoms with Gasteiger partial charge in [-0.15, -0.1) is 12.4 Å². The molecule has 2 heterocycles. The van der Waals surface area contributed by atoms with Crippen molar-refractivity contribution in [1.29, 1.82) is 0 Å². The molecule has 2 atom stereocenters. The van der Waals surface area contributed by atoms with Gasteiger partial charge in [0.2, 0.25) is 0 Å². The molecule has 2 aliphatic rings. The Labute approximate surface area is 105 Å². The van der Waals surface area contributed by atoms with E-state index < -0.39 is 0 Å². The zero-order chi connectivity index (χ0) is 10.7. The number of halogens is 1. The fourth-order valence-corrected chi connectivity index (χ4v) is 2.81. The number of nitrogens with one attached hydrogen (secondary N) is 1. The predicted octanol–water partition coefficient (Wildman–Crippen LogP) is 1.11. The first-order chi connectivity index (χ1) is 7.25. The van der Waals surface area contributed by atoms with Crippen LogP contribution in [-0.2, 0) is 0 Å². The van der Waals surface area contributed by atoms with Crippen molar-refractivity contribution in [1.82, 2.24) is 10.2 Å². The molecule has 2 unspecified atom stereocenters. The summed E-state index contributed by atoms with van der Waals surface area (Å²) in [6, 6.07) is 0. The topological polar surface area (TPSA) is 35.5 Å². The molecule has 2 fully saturated rings. The zero-order valence-corrected chi connectivity index (χ0v) is 11.0. The van der Waals surface area contributed by atoms with Gasteiger partial charge in [-0.25, -0.2) is 0 Å². The van der Waals surface area contributed by atoms with Crippen LogP contribution in [-0.4, -0.2) is 48.8 Å². The maximum absolute atomic E-state index is 9.66. The van der Waals surface area contributed by atoms with E-state index in [0.29, 0.717) is 5.92 Å². The van der Waals surface area contributed by atoms with Crippen molar-refractivity contribution in [3.8, 4) is 0 Å². The Bertz CT molecular complexity index is 197. The average Bonchev–Trinajstić information content (AvgIpc) is 2.25. The minimum Gasteiger partial charge on any atom is -0.393 e. The summed E-state index contributed by atoms with van der Waals surface area (Å²) in [7, 11) is 0. The van der Waals surface area contributed by atoms with Gasteiger partial charge in [0.05, 0.1) is 6.10 Å². The lowest BCUT2D eigenvalue weighted by Crippen LogP contribution is -2.45. The Morgan fingerprint density at radius 2 is 1.94 bits per heavy atom. The van der Waals surface area contributed by atoms with Gasteiger partial charge < -0.3 is 15.3 Å². The Kier molecular flexibility index (Phi) is 6.05. The molecule has 3 nitrogen and oxygen atoms in total. The third-order valence-electron chi connectivity index (χ3n) is 3.92. The van der Waals surface area contributed by atoms with E-state index in [0.717, 1.165) is 25.4 Å². The molecule has 2 rings (SSSR count). The van der Waals surface area contributed by atoms with Crippen LogP contribution in [0.1, 0.15) is 26.2 Å². The molecular weight excluding hydrogens is 224 g/mol. The molecule has 0 radical (unpaired) electrons. The average molecular weight is 249 g/mol. The number of hydrogen-bond acceptors (Lipinski definition) is 3. The molecule has 0 aromatic heterocycles. The Morgan fingerprint density at radius 3 is 2.56 bits per heavy atom. The lowest BCUT2D eigenvalue weighted by atomic mass is 9.93. The van der Waals surface area contributed by atoms with Crippen LogP contribution < -0.4 is 5.32 Å². The highest BCUT2D eigenvalue weighted by molar-refractivity contribution is 5.85. The molecule has 2 aliphatic heterocycles. The number of aliphatic hydroxyl groups is 1. The molecule has 0 aromatic rings. The number of hydrogen-bond donors (Lipinski definition) is 2. The minimum absolute atomic E-state index is 0. The van der Waals surface area contributed by atoms with E-state index >= 15 is 0 Å². The van der Waals surface area contributed by atoms with Gasteiger partial charge in [0.1, 0.15) is 0 Å². The smallest absolute Gasteiger partial charge is 0.0590 e. The Morgan fingerprint density at radius 1 is 1.25 bits per heavy atom. The normalized spacial score (nSPS) is 33.4. The Balaban J connectivity index is 0.00000128. The number of piperidine rings is 2. The number of likely N-dealkylation sites (tertiary alicyclic amines) is 1. The van der Waals surface area contributed by atoms with Gasteiger partial charge in [-0.05, 0) is 44.2 Å². The number of rotatable bonds is 2. The van der Waals surface area contributed by atoms with Crippen molar-refractivity contribution in [2.75, 3.05) is 32.7 Å². The van der Waals surface area contributed by atoms with Crippen LogP contribution in [0.5, 0.6) is 0 Å². The van der Waals surface area contributed by atoms with Gasteiger partial charge >= 0.3 is 0 Å². The molecule has 0 bridgehead atoms. The first kappa shape index (κ1) is 14.2. The van der Waals surface area contributed by atoms with Crippen molar-refractivity contribution in [3.63, 3.8) is 0 Å². The second-order valence-corrected chi connectivity index (χ2v) is 5.29. The van der Waals surface area contributed by atoms with E-state index in [1.807, 2.05) is 0 Å².